The minimum absolute atomic E-state index is 0.446. The maximum absolute atomic E-state index is 5.94. The Morgan fingerprint density at radius 2 is 1.67 bits per heavy atom. The summed E-state index contributed by atoms with van der Waals surface area (Å²) in [5.74, 6) is 1.63. The second-order valence-electron chi connectivity index (χ2n) is 3.97. The summed E-state index contributed by atoms with van der Waals surface area (Å²) in [6, 6.07) is 11.8. The van der Waals surface area contributed by atoms with Crippen molar-refractivity contribution < 1.29 is 4.74 Å². The van der Waals surface area contributed by atoms with Gasteiger partial charge >= 0.3 is 0 Å². The molecule has 0 amide bonds. The van der Waals surface area contributed by atoms with Gasteiger partial charge in [-0.2, -0.15) is 0 Å². The van der Waals surface area contributed by atoms with Crippen LogP contribution in [-0.4, -0.2) is 0 Å². The third kappa shape index (κ3) is 3.13. The number of hydrogen-bond acceptors (Lipinski definition) is 2. The van der Waals surface area contributed by atoms with Crippen LogP contribution in [0.1, 0.15) is 11.1 Å². The molecule has 2 aromatic carbocycles. The SMILES string of the molecule is Cc1ccc(Br)cc1Oc1ccc(Br)cc1CN. The largest absolute Gasteiger partial charge is 0.457 e. The Balaban J connectivity index is 2.36. The predicted molar refractivity (Wildman–Crippen MR) is 81.0 cm³/mol. The molecule has 18 heavy (non-hydrogen) atoms. The van der Waals surface area contributed by atoms with E-state index in [0.717, 1.165) is 31.6 Å². The predicted octanol–water partition coefficient (Wildman–Crippen LogP) is 4.77. The third-order valence-corrected chi connectivity index (χ3v) is 3.60. The molecule has 2 aromatic rings. The molecule has 2 rings (SSSR count). The van der Waals surface area contributed by atoms with E-state index < -0.39 is 0 Å². The van der Waals surface area contributed by atoms with Gasteiger partial charge in [0.1, 0.15) is 11.5 Å². The first-order valence-corrected chi connectivity index (χ1v) is 7.11. The van der Waals surface area contributed by atoms with Crippen molar-refractivity contribution in [2.45, 2.75) is 13.5 Å². The Morgan fingerprint density at radius 3 is 2.39 bits per heavy atom. The van der Waals surface area contributed by atoms with E-state index in [9.17, 15) is 0 Å². The van der Waals surface area contributed by atoms with E-state index in [1.54, 1.807) is 0 Å². The molecule has 0 bridgehead atoms. The van der Waals surface area contributed by atoms with Crippen molar-refractivity contribution in [3.05, 3.63) is 56.5 Å². The van der Waals surface area contributed by atoms with Crippen molar-refractivity contribution >= 4 is 31.9 Å². The molecule has 0 fully saturated rings. The fraction of sp³-hybridized carbons (Fsp3) is 0.143. The van der Waals surface area contributed by atoms with Gasteiger partial charge in [0, 0.05) is 21.1 Å². The maximum Gasteiger partial charge on any atom is 0.132 e. The van der Waals surface area contributed by atoms with E-state index in [1.165, 1.54) is 0 Å². The quantitative estimate of drug-likeness (QED) is 0.844. The normalized spacial score (nSPS) is 10.4. The Hall–Kier alpha value is -0.840. The number of nitrogens with two attached hydrogens (primary N) is 1. The lowest BCUT2D eigenvalue weighted by Crippen LogP contribution is -2.00. The van der Waals surface area contributed by atoms with Gasteiger partial charge in [0.2, 0.25) is 0 Å². The van der Waals surface area contributed by atoms with Crippen molar-refractivity contribution in [2.24, 2.45) is 5.73 Å². The zero-order valence-corrected chi connectivity index (χ0v) is 13.1. The molecule has 0 aliphatic carbocycles. The molecule has 0 atom stereocenters. The lowest BCUT2D eigenvalue weighted by atomic mass is 10.2. The van der Waals surface area contributed by atoms with Crippen molar-refractivity contribution in [2.75, 3.05) is 0 Å². The molecule has 0 saturated carbocycles. The summed E-state index contributed by atoms with van der Waals surface area (Å²) in [5.41, 5.74) is 7.79. The van der Waals surface area contributed by atoms with Crippen LogP contribution in [0.5, 0.6) is 11.5 Å². The summed E-state index contributed by atoms with van der Waals surface area (Å²) >= 11 is 6.87. The first-order chi connectivity index (χ1) is 8.60. The Morgan fingerprint density at radius 1 is 1.00 bits per heavy atom. The number of rotatable bonds is 3. The highest BCUT2D eigenvalue weighted by Crippen LogP contribution is 2.31. The van der Waals surface area contributed by atoms with Crippen molar-refractivity contribution in [1.82, 2.24) is 0 Å². The van der Waals surface area contributed by atoms with Crippen LogP contribution < -0.4 is 10.5 Å². The average molecular weight is 371 g/mol. The molecule has 0 aliphatic heterocycles. The molecule has 2 nitrogen and oxygen atoms in total. The minimum atomic E-state index is 0.446. The summed E-state index contributed by atoms with van der Waals surface area (Å²) in [6.07, 6.45) is 0. The molecule has 4 heteroatoms. The fourth-order valence-corrected chi connectivity index (χ4v) is 2.36. The smallest absolute Gasteiger partial charge is 0.132 e. The van der Waals surface area contributed by atoms with Gasteiger partial charge in [-0.05, 0) is 42.8 Å². The number of benzene rings is 2. The monoisotopic (exact) mass is 369 g/mol. The van der Waals surface area contributed by atoms with Crippen LogP contribution in [0.2, 0.25) is 0 Å². The van der Waals surface area contributed by atoms with Gasteiger partial charge in [-0.25, -0.2) is 0 Å². The molecule has 0 aliphatic rings. The Labute approximate surface area is 123 Å². The summed E-state index contributed by atoms with van der Waals surface area (Å²) in [5, 5.41) is 0. The minimum Gasteiger partial charge on any atom is -0.457 e. The number of ether oxygens (including phenoxy) is 1. The number of hydrogen-bond donors (Lipinski definition) is 1. The van der Waals surface area contributed by atoms with Crippen molar-refractivity contribution in [1.29, 1.82) is 0 Å². The molecule has 0 unspecified atom stereocenters. The van der Waals surface area contributed by atoms with Gasteiger partial charge < -0.3 is 10.5 Å². The molecule has 0 aromatic heterocycles. The van der Waals surface area contributed by atoms with E-state index in [2.05, 4.69) is 31.9 Å². The van der Waals surface area contributed by atoms with Crippen LogP contribution in [0.3, 0.4) is 0 Å². The van der Waals surface area contributed by atoms with E-state index >= 15 is 0 Å². The highest BCUT2D eigenvalue weighted by Gasteiger charge is 2.07. The Kier molecular flexibility index (Phi) is 4.43. The van der Waals surface area contributed by atoms with Crippen LogP contribution in [0.25, 0.3) is 0 Å². The summed E-state index contributed by atoms with van der Waals surface area (Å²) in [6.45, 7) is 2.46. The molecular weight excluding hydrogens is 358 g/mol. The second-order valence-corrected chi connectivity index (χ2v) is 5.80. The Bertz CT molecular complexity index is 570. The molecule has 0 saturated heterocycles. The lowest BCUT2D eigenvalue weighted by molar-refractivity contribution is 0.472. The molecule has 2 N–H and O–H groups in total. The first-order valence-electron chi connectivity index (χ1n) is 5.52. The topological polar surface area (TPSA) is 35.2 Å². The second kappa shape index (κ2) is 5.87. The van der Waals surface area contributed by atoms with Crippen LogP contribution in [0.4, 0.5) is 0 Å². The first kappa shape index (κ1) is 13.6. The molecule has 0 heterocycles. The van der Waals surface area contributed by atoms with Gasteiger partial charge in [0.15, 0.2) is 0 Å². The van der Waals surface area contributed by atoms with Gasteiger partial charge in [-0.1, -0.05) is 37.9 Å². The van der Waals surface area contributed by atoms with Gasteiger partial charge in [-0.15, -0.1) is 0 Å². The van der Waals surface area contributed by atoms with Gasteiger partial charge in [-0.3, -0.25) is 0 Å². The van der Waals surface area contributed by atoms with Crippen LogP contribution >= 0.6 is 31.9 Å². The van der Waals surface area contributed by atoms with Gasteiger partial charge in [0.05, 0.1) is 0 Å². The van der Waals surface area contributed by atoms with E-state index in [1.807, 2.05) is 43.3 Å². The van der Waals surface area contributed by atoms with Crippen molar-refractivity contribution in [3.63, 3.8) is 0 Å². The molecular formula is C14H13Br2NO. The van der Waals surface area contributed by atoms with Crippen molar-refractivity contribution in [3.8, 4) is 11.5 Å². The van der Waals surface area contributed by atoms with Crippen LogP contribution in [0, 0.1) is 6.92 Å². The molecule has 0 radical (unpaired) electrons. The van der Waals surface area contributed by atoms with Crippen LogP contribution in [-0.2, 0) is 6.54 Å². The zero-order valence-electron chi connectivity index (χ0n) is 9.91. The highest BCUT2D eigenvalue weighted by molar-refractivity contribution is 9.10. The standard InChI is InChI=1S/C14H13Br2NO/c1-9-2-3-12(16)7-14(9)18-13-5-4-11(15)6-10(13)8-17/h2-7H,8,17H2,1H3. The maximum atomic E-state index is 5.94. The van der Waals surface area contributed by atoms with E-state index in [0.29, 0.717) is 6.54 Å². The van der Waals surface area contributed by atoms with Crippen LogP contribution in [0.15, 0.2) is 45.3 Å². The van der Waals surface area contributed by atoms with E-state index in [-0.39, 0.29) is 0 Å². The number of halogens is 2. The van der Waals surface area contributed by atoms with E-state index in [4.69, 9.17) is 10.5 Å². The fourth-order valence-electron chi connectivity index (χ4n) is 1.61. The highest BCUT2D eigenvalue weighted by atomic mass is 79.9. The lowest BCUT2D eigenvalue weighted by Gasteiger charge is -2.12. The third-order valence-electron chi connectivity index (χ3n) is 2.61. The zero-order chi connectivity index (χ0) is 13.1. The molecule has 94 valence electrons. The molecule has 0 spiro atoms. The summed E-state index contributed by atoms with van der Waals surface area (Å²) < 4.78 is 7.93. The summed E-state index contributed by atoms with van der Waals surface area (Å²) in [7, 11) is 0. The van der Waals surface area contributed by atoms with Gasteiger partial charge in [0.25, 0.3) is 0 Å². The number of aryl methyl sites for hydroxylation is 1. The summed E-state index contributed by atoms with van der Waals surface area (Å²) in [4.78, 5) is 0. The average Bonchev–Trinajstić information content (AvgIpc) is 2.36.